The molecule has 0 spiro atoms. The van der Waals surface area contributed by atoms with Crippen LogP contribution in [-0.4, -0.2) is 92.1 Å². The van der Waals surface area contributed by atoms with Crippen LogP contribution in [0.25, 0.3) is 32.6 Å². The Morgan fingerprint density at radius 1 is 0.930 bits per heavy atom. The maximum absolute atomic E-state index is 14.3. The number of fused-ring (bicyclic) bond motifs is 1. The summed E-state index contributed by atoms with van der Waals surface area (Å²) in [6.07, 6.45) is -0.652. The average Bonchev–Trinajstić information content (AvgIpc) is 3.98. The van der Waals surface area contributed by atoms with Gasteiger partial charge in [0.25, 0.3) is 0 Å². The Bertz CT molecular complexity index is 2390. The van der Waals surface area contributed by atoms with Crippen LogP contribution in [0.1, 0.15) is 56.2 Å². The van der Waals surface area contributed by atoms with Crippen molar-refractivity contribution in [3.05, 3.63) is 101 Å². The number of phenolic OH excluding ortho intramolecular Hbond substituents is 1. The summed E-state index contributed by atoms with van der Waals surface area (Å²) >= 11 is 1.59. The Kier molecular flexibility index (Phi) is 10.6. The molecule has 8 rings (SSSR count). The number of carbonyl (C=O) groups excluding carboxylic acids is 2. The van der Waals surface area contributed by atoms with Gasteiger partial charge in [-0.1, -0.05) is 61.5 Å². The number of phenols is 1. The Balaban J connectivity index is 0.903. The lowest BCUT2D eigenvalue weighted by molar-refractivity contribution is -0.141. The molecule has 2 fully saturated rings. The van der Waals surface area contributed by atoms with Crippen molar-refractivity contribution in [1.82, 2.24) is 30.6 Å². The van der Waals surface area contributed by atoms with Crippen molar-refractivity contribution in [2.24, 2.45) is 5.92 Å². The highest BCUT2D eigenvalue weighted by atomic mass is 32.1. The Labute approximate surface area is 335 Å². The van der Waals surface area contributed by atoms with Crippen LogP contribution in [0, 0.1) is 12.8 Å². The molecule has 13 nitrogen and oxygen atoms in total. The number of amides is 2. The Morgan fingerprint density at radius 2 is 1.68 bits per heavy atom. The van der Waals surface area contributed by atoms with E-state index in [0.717, 1.165) is 51.4 Å². The van der Waals surface area contributed by atoms with Gasteiger partial charge >= 0.3 is 0 Å². The number of β-amino-alcohol motifs (C(OH)–C–C–N with tert-alkyl or cyclic N) is 1. The smallest absolute Gasteiger partial charge is 0.243 e. The molecule has 2 aliphatic heterocycles. The number of aryl methyl sites for hydroxylation is 1. The minimum Gasteiger partial charge on any atom is -0.507 e. The second-order valence-corrected chi connectivity index (χ2v) is 16.1. The number of aromatic hydroxyl groups is 1. The first-order valence-electron chi connectivity index (χ1n) is 19.4. The second kappa shape index (κ2) is 15.9. The third-order valence-electron chi connectivity index (χ3n) is 11.1. The Hall–Kier alpha value is -5.86. The lowest BCUT2D eigenvalue weighted by Crippen LogP contribution is -2.48. The summed E-state index contributed by atoms with van der Waals surface area (Å²) in [6, 6.07) is 23.9. The SMILES string of the molecule is Cc1ncsc1-c1ccc([C@H](C)NC(=O)[C@@H]2C[C@@H](O)CN2C(=O)C(c2cc(N3CCN(c4ccc5cc(-c6ccccc6O)nnc5c4)CC3)no2)C(C)C)cc1. The lowest BCUT2D eigenvalue weighted by Gasteiger charge is -2.36. The molecular weight excluding hydrogens is 741 g/mol. The van der Waals surface area contributed by atoms with E-state index in [1.807, 2.05) is 93.9 Å². The highest BCUT2D eigenvalue weighted by Gasteiger charge is 2.43. The zero-order chi connectivity index (χ0) is 39.8. The molecule has 0 radical (unpaired) electrons. The molecule has 3 aromatic heterocycles. The number of likely N-dealkylation sites (tertiary alicyclic amines) is 1. The zero-order valence-corrected chi connectivity index (χ0v) is 33.2. The molecule has 0 saturated carbocycles. The monoisotopic (exact) mass is 786 g/mol. The van der Waals surface area contributed by atoms with Crippen molar-refractivity contribution in [2.45, 2.75) is 58.2 Å². The van der Waals surface area contributed by atoms with Crippen LogP contribution in [0.4, 0.5) is 11.5 Å². The van der Waals surface area contributed by atoms with E-state index in [1.54, 1.807) is 23.5 Å². The maximum atomic E-state index is 14.3. The van der Waals surface area contributed by atoms with Crippen LogP contribution in [0.15, 0.2) is 88.9 Å². The summed E-state index contributed by atoms with van der Waals surface area (Å²) in [5.41, 5.74) is 7.89. The van der Waals surface area contributed by atoms with Gasteiger partial charge in [-0.05, 0) is 61.2 Å². The number of para-hydroxylation sites is 1. The molecule has 14 heteroatoms. The molecular formula is C43H46N8O5S. The first kappa shape index (κ1) is 38.0. The van der Waals surface area contributed by atoms with E-state index in [4.69, 9.17) is 4.52 Å². The van der Waals surface area contributed by atoms with Gasteiger partial charge in [0.15, 0.2) is 11.6 Å². The summed E-state index contributed by atoms with van der Waals surface area (Å²) in [5.74, 6) is -0.139. The third-order valence-corrected chi connectivity index (χ3v) is 12.1. The number of aromatic nitrogens is 4. The largest absolute Gasteiger partial charge is 0.507 e. The molecule has 0 aliphatic carbocycles. The van der Waals surface area contributed by atoms with E-state index in [0.29, 0.717) is 35.9 Å². The van der Waals surface area contributed by atoms with Crippen LogP contribution in [0.5, 0.6) is 5.75 Å². The standard InChI is InChI=1S/C43H46N8O5S/c1-25(2)40(43(55)51-23-32(52)21-36(51)42(54)45-26(3)28-9-11-29(12-10-28)41-27(4)44-24-57-41)38-22-39(48-56-38)50-17-15-49(16-18-50)31-14-13-30-19-35(47-46-34(30)20-31)33-7-5-6-8-37(33)53/h5-14,19-20,22,24-26,32,36,40,52-53H,15-18,21,23H2,1-4H3,(H,45,54)/t26-,32+,36-,40?/m0/s1. The molecule has 2 saturated heterocycles. The van der Waals surface area contributed by atoms with Gasteiger partial charge in [-0.2, -0.15) is 0 Å². The minimum atomic E-state index is -0.814. The topological polar surface area (TPSA) is 161 Å². The van der Waals surface area contributed by atoms with Crippen molar-refractivity contribution in [3.63, 3.8) is 0 Å². The zero-order valence-electron chi connectivity index (χ0n) is 32.4. The fraction of sp³-hybridized carbons (Fsp3) is 0.349. The number of aliphatic hydroxyl groups is 1. The molecule has 3 N–H and O–H groups in total. The number of anilines is 2. The number of hydrogen-bond acceptors (Lipinski definition) is 12. The number of piperazine rings is 1. The maximum Gasteiger partial charge on any atom is 0.243 e. The number of aliphatic hydroxyl groups excluding tert-OH is 1. The van der Waals surface area contributed by atoms with Crippen LogP contribution in [0.2, 0.25) is 0 Å². The van der Waals surface area contributed by atoms with Gasteiger partial charge in [0.1, 0.15) is 17.7 Å². The molecule has 3 aromatic carbocycles. The first-order valence-corrected chi connectivity index (χ1v) is 20.2. The van der Waals surface area contributed by atoms with Crippen molar-refractivity contribution in [3.8, 4) is 27.4 Å². The van der Waals surface area contributed by atoms with E-state index < -0.39 is 18.1 Å². The number of nitrogens with one attached hydrogen (secondary N) is 1. The van der Waals surface area contributed by atoms with E-state index in [-0.39, 0.29) is 42.5 Å². The number of benzene rings is 3. The van der Waals surface area contributed by atoms with Crippen LogP contribution in [0.3, 0.4) is 0 Å². The van der Waals surface area contributed by atoms with Gasteiger partial charge in [-0.25, -0.2) is 4.98 Å². The predicted molar refractivity (Wildman–Crippen MR) is 220 cm³/mol. The normalized spacial score (nSPS) is 18.3. The average molecular weight is 787 g/mol. The number of carbonyl (C=O) groups is 2. The van der Waals surface area contributed by atoms with Crippen molar-refractivity contribution < 1.29 is 24.3 Å². The van der Waals surface area contributed by atoms with Gasteiger partial charge in [0, 0.05) is 61.8 Å². The number of rotatable bonds is 10. The molecule has 0 bridgehead atoms. The van der Waals surface area contributed by atoms with E-state index in [2.05, 4.69) is 41.5 Å². The summed E-state index contributed by atoms with van der Waals surface area (Å²) < 4.78 is 5.87. The van der Waals surface area contributed by atoms with Crippen molar-refractivity contribution >= 4 is 45.6 Å². The molecule has 6 aromatic rings. The molecule has 1 unspecified atom stereocenters. The number of nitrogens with zero attached hydrogens (tertiary/aromatic N) is 7. The van der Waals surface area contributed by atoms with Crippen LogP contribution in [-0.2, 0) is 9.59 Å². The van der Waals surface area contributed by atoms with E-state index in [1.165, 1.54) is 4.90 Å². The molecule has 2 aliphatic rings. The van der Waals surface area contributed by atoms with Crippen LogP contribution < -0.4 is 15.1 Å². The number of thiazole rings is 1. The predicted octanol–water partition coefficient (Wildman–Crippen LogP) is 6.33. The van der Waals surface area contributed by atoms with E-state index in [9.17, 15) is 19.8 Å². The molecule has 294 valence electrons. The second-order valence-electron chi connectivity index (χ2n) is 15.3. The summed E-state index contributed by atoms with van der Waals surface area (Å²) in [4.78, 5) is 39.4. The van der Waals surface area contributed by atoms with Gasteiger partial charge in [-0.15, -0.1) is 21.5 Å². The quantitative estimate of drug-likeness (QED) is 0.142. The molecule has 2 amide bonds. The molecule has 5 heterocycles. The van der Waals surface area contributed by atoms with Gasteiger partial charge in [0.05, 0.1) is 39.4 Å². The van der Waals surface area contributed by atoms with Crippen molar-refractivity contribution in [1.29, 1.82) is 0 Å². The molecule has 57 heavy (non-hydrogen) atoms. The van der Waals surface area contributed by atoms with Gasteiger partial charge < -0.3 is 34.8 Å². The summed E-state index contributed by atoms with van der Waals surface area (Å²) in [7, 11) is 0. The third kappa shape index (κ3) is 7.79. The van der Waals surface area contributed by atoms with E-state index >= 15 is 0 Å². The first-order chi connectivity index (χ1) is 27.5. The Morgan fingerprint density at radius 3 is 2.40 bits per heavy atom. The fourth-order valence-electron chi connectivity index (χ4n) is 7.93. The summed E-state index contributed by atoms with van der Waals surface area (Å²) in [6.45, 7) is 10.7. The van der Waals surface area contributed by atoms with Gasteiger partial charge in [0.2, 0.25) is 11.8 Å². The number of hydrogen-bond donors (Lipinski definition) is 3. The van der Waals surface area contributed by atoms with Gasteiger partial charge in [-0.3, -0.25) is 9.59 Å². The highest BCUT2D eigenvalue weighted by Crippen LogP contribution is 2.35. The van der Waals surface area contributed by atoms with Crippen LogP contribution >= 0.6 is 11.3 Å². The minimum absolute atomic E-state index is 0.0680. The lowest BCUT2D eigenvalue weighted by atomic mass is 9.91. The van der Waals surface area contributed by atoms with Crippen molar-refractivity contribution in [2.75, 3.05) is 42.5 Å². The summed E-state index contributed by atoms with van der Waals surface area (Å²) in [5, 5.41) is 38.2. The highest BCUT2D eigenvalue weighted by molar-refractivity contribution is 7.13. The fourth-order valence-corrected chi connectivity index (χ4v) is 8.74. The molecule has 4 atom stereocenters.